The van der Waals surface area contributed by atoms with Crippen LogP contribution < -0.4 is 16.6 Å². The largest absolute Gasteiger partial charge is 0.348 e. The fourth-order valence-electron chi connectivity index (χ4n) is 3.70. The van der Waals surface area contributed by atoms with Crippen LogP contribution in [0.15, 0.2) is 57.3 Å². The maximum atomic E-state index is 14.1. The summed E-state index contributed by atoms with van der Waals surface area (Å²) in [7, 11) is 0. The topological polar surface area (TPSA) is 84.0 Å². The van der Waals surface area contributed by atoms with Gasteiger partial charge < -0.3 is 10.3 Å². The summed E-state index contributed by atoms with van der Waals surface area (Å²) < 4.78 is 55.7. The molecule has 10 heteroatoms. The Hall–Kier alpha value is -3.91. The molecule has 4 rings (SSSR count). The first-order chi connectivity index (χ1) is 15.7. The third-order valence-electron chi connectivity index (χ3n) is 5.45. The van der Waals surface area contributed by atoms with E-state index in [-0.39, 0.29) is 14.8 Å². The number of aromatic amines is 1. The normalized spacial score (nSPS) is 14.5. The summed E-state index contributed by atoms with van der Waals surface area (Å²) in [6.45, 7) is 1.45. The SMILES string of the molecule is C[C@@H](NC(=O)[C@@H](CC1=C=CC1)n1c(=O)[nH]c2c(F)cc(F)cc2c1=O)c1ccc(F)cc1F.[HH].[HH]. The Labute approximate surface area is 186 Å². The van der Waals surface area contributed by atoms with Crippen molar-refractivity contribution < 1.29 is 25.2 Å². The van der Waals surface area contributed by atoms with Crippen LogP contribution in [0.4, 0.5) is 17.6 Å². The Bertz CT molecular complexity index is 1480. The second-order valence-electron chi connectivity index (χ2n) is 7.69. The molecular formula is C23H21F4N3O3. The third kappa shape index (κ3) is 4.25. The van der Waals surface area contributed by atoms with Crippen molar-refractivity contribution in [2.45, 2.75) is 31.8 Å². The van der Waals surface area contributed by atoms with Crippen LogP contribution in [0.3, 0.4) is 0 Å². The first-order valence-electron chi connectivity index (χ1n) is 9.97. The van der Waals surface area contributed by atoms with Gasteiger partial charge in [-0.3, -0.25) is 9.59 Å². The van der Waals surface area contributed by atoms with E-state index in [0.717, 1.165) is 12.1 Å². The van der Waals surface area contributed by atoms with E-state index >= 15 is 0 Å². The number of hydrogen-bond donors (Lipinski definition) is 2. The predicted molar refractivity (Wildman–Crippen MR) is 116 cm³/mol. The zero-order valence-corrected chi connectivity index (χ0v) is 17.2. The van der Waals surface area contributed by atoms with Crippen molar-refractivity contribution in [3.63, 3.8) is 0 Å². The van der Waals surface area contributed by atoms with Crippen molar-refractivity contribution in [3.8, 4) is 0 Å². The van der Waals surface area contributed by atoms with Crippen LogP contribution in [-0.4, -0.2) is 15.5 Å². The van der Waals surface area contributed by atoms with Crippen molar-refractivity contribution in [1.29, 1.82) is 0 Å². The summed E-state index contributed by atoms with van der Waals surface area (Å²) in [4.78, 5) is 41.0. The van der Waals surface area contributed by atoms with E-state index in [1.807, 2.05) is 0 Å². The van der Waals surface area contributed by atoms with Gasteiger partial charge in [-0.05, 0) is 30.7 Å². The van der Waals surface area contributed by atoms with Crippen LogP contribution in [0, 0.1) is 23.3 Å². The Morgan fingerprint density at radius 1 is 1.15 bits per heavy atom. The molecule has 0 fully saturated rings. The first kappa shape index (κ1) is 22.3. The highest BCUT2D eigenvalue weighted by Gasteiger charge is 2.29. The monoisotopic (exact) mass is 463 g/mol. The molecule has 1 aliphatic carbocycles. The highest BCUT2D eigenvalue weighted by atomic mass is 19.1. The number of carbonyl (C=O) groups is 1. The van der Waals surface area contributed by atoms with Gasteiger partial charge in [0.05, 0.1) is 16.9 Å². The number of nitrogens with zero attached hydrogens (tertiary/aromatic N) is 1. The molecule has 6 nitrogen and oxygen atoms in total. The van der Waals surface area contributed by atoms with Gasteiger partial charge in [-0.25, -0.2) is 26.9 Å². The Balaban J connectivity index is 0.00000216. The maximum absolute atomic E-state index is 14.1. The van der Waals surface area contributed by atoms with Crippen molar-refractivity contribution >= 4 is 16.8 Å². The van der Waals surface area contributed by atoms with Gasteiger partial charge in [0.2, 0.25) is 5.91 Å². The number of halogens is 4. The molecule has 2 atom stereocenters. The molecule has 1 amide bonds. The van der Waals surface area contributed by atoms with Gasteiger partial charge in [0, 0.05) is 33.4 Å². The van der Waals surface area contributed by atoms with E-state index < -0.39 is 63.4 Å². The number of rotatable bonds is 6. The minimum absolute atomic E-state index is 0. The molecule has 2 N–H and O–H groups in total. The van der Waals surface area contributed by atoms with Crippen LogP contribution in [0.2, 0.25) is 0 Å². The molecule has 1 heterocycles. The van der Waals surface area contributed by atoms with Crippen LogP contribution in [0.5, 0.6) is 0 Å². The van der Waals surface area contributed by atoms with Crippen molar-refractivity contribution in [2.24, 2.45) is 0 Å². The minimum atomic E-state index is -1.40. The molecule has 0 spiro atoms. The number of nitrogens with one attached hydrogen (secondary N) is 2. The lowest BCUT2D eigenvalue weighted by molar-refractivity contribution is -0.125. The molecule has 0 saturated carbocycles. The van der Waals surface area contributed by atoms with Crippen LogP contribution in [0.1, 0.15) is 40.3 Å². The van der Waals surface area contributed by atoms with E-state index in [1.165, 1.54) is 13.0 Å². The molecule has 2 aromatic carbocycles. The summed E-state index contributed by atoms with van der Waals surface area (Å²) in [5.41, 5.74) is 0.893. The maximum Gasteiger partial charge on any atom is 0.329 e. The molecule has 0 unspecified atom stereocenters. The first-order valence-corrected chi connectivity index (χ1v) is 9.97. The second kappa shape index (κ2) is 8.55. The van der Waals surface area contributed by atoms with Crippen LogP contribution >= 0.6 is 0 Å². The second-order valence-corrected chi connectivity index (χ2v) is 7.69. The molecular weight excluding hydrogens is 442 g/mol. The minimum Gasteiger partial charge on any atom is -0.348 e. The fourth-order valence-corrected chi connectivity index (χ4v) is 3.70. The van der Waals surface area contributed by atoms with E-state index in [0.29, 0.717) is 28.7 Å². The van der Waals surface area contributed by atoms with Crippen molar-refractivity contribution in [1.82, 2.24) is 14.9 Å². The highest BCUT2D eigenvalue weighted by Crippen LogP contribution is 2.24. The van der Waals surface area contributed by atoms with Gasteiger partial charge in [-0.15, -0.1) is 5.73 Å². The molecule has 0 radical (unpaired) electrons. The summed E-state index contributed by atoms with van der Waals surface area (Å²) in [6, 6.07) is 1.82. The lowest BCUT2D eigenvalue weighted by Crippen LogP contribution is -2.45. The Kier molecular flexibility index (Phi) is 5.78. The van der Waals surface area contributed by atoms with Crippen molar-refractivity contribution in [2.75, 3.05) is 0 Å². The van der Waals surface area contributed by atoms with Gasteiger partial charge in [-0.2, -0.15) is 0 Å². The standard InChI is InChI=1S/C23H17F4N3O3.2H2/c1-11(15-6-5-13(24)9-17(15)26)28-21(31)19(7-12-3-2-4-12)30-22(32)16-8-14(25)10-18(27)20(16)29-23(30)33;;/h2,5-6,8-11,19H,3,7H2,1H3,(H,28,31)(H,29,33);2*1H/t11-,19-;;/m1../s1. The Morgan fingerprint density at radius 2 is 1.85 bits per heavy atom. The predicted octanol–water partition coefficient (Wildman–Crippen LogP) is 4.03. The van der Waals surface area contributed by atoms with Gasteiger partial charge in [0.1, 0.15) is 23.5 Å². The summed E-state index contributed by atoms with van der Waals surface area (Å²) >= 11 is 0. The van der Waals surface area contributed by atoms with Crippen LogP contribution in [-0.2, 0) is 4.79 Å². The lowest BCUT2D eigenvalue weighted by atomic mass is 9.97. The van der Waals surface area contributed by atoms with Gasteiger partial charge in [0.15, 0.2) is 5.82 Å². The molecule has 0 saturated heterocycles. The molecule has 3 aromatic rings. The number of carbonyl (C=O) groups excluding carboxylic acids is 1. The van der Waals surface area contributed by atoms with E-state index in [9.17, 15) is 31.9 Å². The van der Waals surface area contributed by atoms with Gasteiger partial charge in [-0.1, -0.05) is 6.07 Å². The van der Waals surface area contributed by atoms with Gasteiger partial charge >= 0.3 is 5.69 Å². The number of fused-ring (bicyclic) bond motifs is 1. The molecule has 0 bridgehead atoms. The van der Waals surface area contributed by atoms with Gasteiger partial charge in [0.25, 0.3) is 5.56 Å². The highest BCUT2D eigenvalue weighted by molar-refractivity contribution is 5.82. The smallest absolute Gasteiger partial charge is 0.329 e. The summed E-state index contributed by atoms with van der Waals surface area (Å²) in [6.07, 6.45) is 2.10. The Morgan fingerprint density at radius 3 is 2.48 bits per heavy atom. The molecule has 1 aromatic heterocycles. The third-order valence-corrected chi connectivity index (χ3v) is 5.45. The molecule has 1 aliphatic rings. The lowest BCUT2D eigenvalue weighted by Gasteiger charge is -2.23. The zero-order chi connectivity index (χ0) is 23.9. The molecule has 33 heavy (non-hydrogen) atoms. The zero-order valence-electron chi connectivity index (χ0n) is 17.2. The average molecular weight is 463 g/mol. The molecule has 0 aliphatic heterocycles. The van der Waals surface area contributed by atoms with E-state index in [2.05, 4.69) is 16.0 Å². The summed E-state index contributed by atoms with van der Waals surface area (Å²) in [5.74, 6) is -4.63. The number of H-pyrrole nitrogens is 1. The van der Waals surface area contributed by atoms with Crippen LogP contribution in [0.25, 0.3) is 10.9 Å². The van der Waals surface area contributed by atoms with E-state index in [1.54, 1.807) is 6.08 Å². The average Bonchev–Trinajstić information content (AvgIpc) is 2.69. The summed E-state index contributed by atoms with van der Waals surface area (Å²) in [5, 5.41) is 2.08. The van der Waals surface area contributed by atoms with E-state index in [4.69, 9.17) is 0 Å². The number of amides is 1. The number of hydrogen-bond acceptors (Lipinski definition) is 3. The number of allylic oxidation sites excluding steroid dienone is 1. The quantitative estimate of drug-likeness (QED) is 0.428. The molecule has 174 valence electrons. The van der Waals surface area contributed by atoms with Crippen molar-refractivity contribution in [3.05, 3.63) is 97.4 Å². The number of aromatic nitrogens is 2. The fraction of sp³-hybridized carbons (Fsp3) is 0.217. The number of benzene rings is 2.